The van der Waals surface area contributed by atoms with Crippen LogP contribution in [0.5, 0.6) is 0 Å². The van der Waals surface area contributed by atoms with Gasteiger partial charge in [-0.05, 0) is 27.2 Å². The number of hydrogen-bond donors (Lipinski definition) is 2. The lowest BCUT2D eigenvalue weighted by Gasteiger charge is -2.35. The monoisotopic (exact) mass is 424 g/mol. The van der Waals surface area contributed by atoms with E-state index < -0.39 is 0 Å². The molecule has 30 heavy (non-hydrogen) atoms. The molecule has 0 radical (unpaired) electrons. The van der Waals surface area contributed by atoms with Gasteiger partial charge in [-0.3, -0.25) is 9.48 Å². The van der Waals surface area contributed by atoms with Crippen LogP contribution in [-0.2, 0) is 22.7 Å². The second-order valence-corrected chi connectivity index (χ2v) is 8.47. The highest BCUT2D eigenvalue weighted by atomic mass is 16.5. The van der Waals surface area contributed by atoms with Crippen molar-refractivity contribution in [2.45, 2.75) is 71.9 Å². The summed E-state index contributed by atoms with van der Waals surface area (Å²) in [5.74, 6) is -0.0688. The van der Waals surface area contributed by atoms with Crippen molar-refractivity contribution in [3.8, 4) is 0 Å². The third-order valence-electron chi connectivity index (χ3n) is 5.26. The molecule has 10 nitrogen and oxygen atoms in total. The number of ether oxygens (including phenoxy) is 1. The van der Waals surface area contributed by atoms with Gasteiger partial charge in [0, 0.05) is 45.1 Å². The lowest BCUT2D eigenvalue weighted by Crippen LogP contribution is -2.49. The minimum Gasteiger partial charge on any atom is -0.394 e. The molecule has 0 aliphatic carbocycles. The molecule has 1 aliphatic heterocycles. The van der Waals surface area contributed by atoms with Crippen LogP contribution < -0.4 is 5.32 Å². The average Bonchev–Trinajstić information content (AvgIpc) is 3.14. The highest BCUT2D eigenvalue weighted by Crippen LogP contribution is 2.17. The van der Waals surface area contributed by atoms with Crippen LogP contribution in [0.1, 0.15) is 46.2 Å². The third-order valence-corrected chi connectivity index (χ3v) is 5.26. The molecule has 0 aromatic carbocycles. The number of rotatable bonds is 5. The average molecular weight is 425 g/mol. The van der Waals surface area contributed by atoms with Crippen molar-refractivity contribution in [1.82, 2.24) is 30.1 Å². The fraction of sp³-hybridized carbons (Fsp3) is 0.800. The molecular formula is C20H36N6O4. The first-order valence-electron chi connectivity index (χ1n) is 10.6. The Hall–Kier alpha value is -2.20. The Morgan fingerprint density at radius 2 is 2.17 bits per heavy atom. The van der Waals surface area contributed by atoms with Crippen LogP contribution in [0.2, 0.25) is 0 Å². The molecule has 3 atom stereocenters. The van der Waals surface area contributed by atoms with E-state index in [-0.39, 0.29) is 49.3 Å². The Labute approximate surface area is 178 Å². The molecule has 1 aromatic heterocycles. The van der Waals surface area contributed by atoms with Gasteiger partial charge >= 0.3 is 6.03 Å². The standard InChI is InChI=1S/C20H36N6O4/c1-14(2)21-20(29)24(5)11-18-15(3)9-26(16(4)12-27)19(28)7-6-8-25-10-17(13-30-18)22-23-25/h10,14-16,18,27H,6-9,11-13H2,1-5H3,(H,21,29)/t15-,16-,18-/m1/s1. The number of carbonyl (C=O) groups excluding carboxylic acids is 2. The van der Waals surface area contributed by atoms with Crippen molar-refractivity contribution in [3.05, 3.63) is 11.9 Å². The highest BCUT2D eigenvalue weighted by Gasteiger charge is 2.28. The SMILES string of the molecule is CC(C)NC(=O)N(C)C[C@H]1OCc2cn(nn2)CCCC(=O)N([C@H](C)CO)C[C@H]1C. The first-order valence-corrected chi connectivity index (χ1v) is 10.6. The zero-order valence-electron chi connectivity index (χ0n) is 18.7. The molecule has 2 heterocycles. The van der Waals surface area contributed by atoms with Crippen molar-refractivity contribution in [2.24, 2.45) is 5.92 Å². The number of aliphatic hydroxyl groups is 1. The van der Waals surface area contributed by atoms with Gasteiger partial charge in [-0.15, -0.1) is 5.10 Å². The topological polar surface area (TPSA) is 113 Å². The van der Waals surface area contributed by atoms with Crippen LogP contribution >= 0.6 is 0 Å². The van der Waals surface area contributed by atoms with Crippen LogP contribution in [-0.4, -0.2) is 86.8 Å². The number of urea groups is 1. The maximum atomic E-state index is 12.8. The van der Waals surface area contributed by atoms with Crippen molar-refractivity contribution in [1.29, 1.82) is 0 Å². The molecule has 1 aromatic rings. The van der Waals surface area contributed by atoms with Gasteiger partial charge in [-0.2, -0.15) is 0 Å². The summed E-state index contributed by atoms with van der Waals surface area (Å²) < 4.78 is 7.86. The molecular weight excluding hydrogens is 388 g/mol. The quantitative estimate of drug-likeness (QED) is 0.725. The first kappa shape index (κ1) is 24.1. The molecule has 2 bridgehead atoms. The number of aromatic nitrogens is 3. The van der Waals surface area contributed by atoms with E-state index in [9.17, 15) is 14.7 Å². The molecule has 1 aliphatic rings. The second-order valence-electron chi connectivity index (χ2n) is 8.47. The van der Waals surface area contributed by atoms with Crippen molar-refractivity contribution in [2.75, 3.05) is 26.7 Å². The number of carbonyl (C=O) groups is 2. The summed E-state index contributed by atoms with van der Waals surface area (Å²) in [6, 6.07) is -0.427. The third kappa shape index (κ3) is 6.94. The highest BCUT2D eigenvalue weighted by molar-refractivity contribution is 5.76. The molecule has 0 unspecified atom stereocenters. The number of amides is 3. The zero-order chi connectivity index (χ0) is 22.3. The van der Waals surface area contributed by atoms with Crippen molar-refractivity contribution < 1.29 is 19.4 Å². The lowest BCUT2D eigenvalue weighted by molar-refractivity contribution is -0.136. The number of aliphatic hydroxyl groups excluding tert-OH is 1. The summed E-state index contributed by atoms with van der Waals surface area (Å²) in [4.78, 5) is 28.5. The minimum atomic E-state index is -0.319. The van der Waals surface area contributed by atoms with E-state index in [0.29, 0.717) is 38.2 Å². The van der Waals surface area contributed by atoms with Crippen molar-refractivity contribution in [3.63, 3.8) is 0 Å². The fourth-order valence-corrected chi connectivity index (χ4v) is 3.40. The number of hydrogen-bond acceptors (Lipinski definition) is 6. The Balaban J connectivity index is 2.21. The van der Waals surface area contributed by atoms with Crippen LogP contribution in [0, 0.1) is 5.92 Å². The molecule has 3 amide bonds. The first-order chi connectivity index (χ1) is 14.2. The van der Waals surface area contributed by atoms with Crippen LogP contribution in [0.25, 0.3) is 0 Å². The van der Waals surface area contributed by atoms with E-state index >= 15 is 0 Å². The number of nitrogens with zero attached hydrogens (tertiary/aromatic N) is 5. The van der Waals surface area contributed by atoms with Crippen LogP contribution in [0.15, 0.2) is 6.20 Å². The van der Waals surface area contributed by atoms with E-state index in [2.05, 4.69) is 15.6 Å². The summed E-state index contributed by atoms with van der Waals surface area (Å²) in [6.07, 6.45) is 2.52. The number of aryl methyl sites for hydroxylation is 1. The van der Waals surface area contributed by atoms with E-state index in [1.165, 1.54) is 0 Å². The smallest absolute Gasteiger partial charge is 0.317 e. The number of fused-ring (bicyclic) bond motifs is 2. The normalized spacial score (nSPS) is 22.1. The van der Waals surface area contributed by atoms with Crippen molar-refractivity contribution >= 4 is 11.9 Å². The molecule has 170 valence electrons. The van der Waals surface area contributed by atoms with Gasteiger partial charge in [0.15, 0.2) is 0 Å². The Morgan fingerprint density at radius 3 is 2.83 bits per heavy atom. The predicted octanol–water partition coefficient (Wildman–Crippen LogP) is 0.852. The Bertz CT molecular complexity index is 695. The molecule has 0 saturated heterocycles. The second kappa shape index (κ2) is 11.3. The van der Waals surface area contributed by atoms with Gasteiger partial charge in [-0.1, -0.05) is 12.1 Å². The van der Waals surface area contributed by atoms with Gasteiger partial charge in [0.25, 0.3) is 0 Å². The maximum absolute atomic E-state index is 12.8. The number of likely N-dealkylation sites (N-methyl/N-ethyl adjacent to an activating group) is 1. The lowest BCUT2D eigenvalue weighted by atomic mass is 10.0. The summed E-state index contributed by atoms with van der Waals surface area (Å²) in [6.45, 7) is 9.23. The zero-order valence-corrected chi connectivity index (χ0v) is 18.7. The van der Waals surface area contributed by atoms with Gasteiger partial charge in [-0.25, -0.2) is 4.79 Å². The molecule has 0 fully saturated rings. The van der Waals surface area contributed by atoms with Gasteiger partial charge < -0.3 is 25.0 Å². The van der Waals surface area contributed by atoms with E-state index in [1.807, 2.05) is 33.9 Å². The van der Waals surface area contributed by atoms with E-state index in [0.717, 1.165) is 0 Å². The molecule has 0 saturated carbocycles. The van der Waals surface area contributed by atoms with E-state index in [4.69, 9.17) is 4.74 Å². The molecule has 10 heteroatoms. The van der Waals surface area contributed by atoms with Gasteiger partial charge in [0.1, 0.15) is 5.69 Å². The summed E-state index contributed by atoms with van der Waals surface area (Å²) in [5, 5.41) is 20.8. The molecule has 0 spiro atoms. The largest absolute Gasteiger partial charge is 0.394 e. The van der Waals surface area contributed by atoms with Gasteiger partial charge in [0.05, 0.1) is 31.6 Å². The summed E-state index contributed by atoms with van der Waals surface area (Å²) in [5.41, 5.74) is 0.715. The number of nitrogens with one attached hydrogen (secondary N) is 1. The van der Waals surface area contributed by atoms with Crippen LogP contribution in [0.4, 0.5) is 4.79 Å². The van der Waals surface area contributed by atoms with Gasteiger partial charge in [0.2, 0.25) is 5.91 Å². The Kier molecular flexibility index (Phi) is 9.04. The van der Waals surface area contributed by atoms with E-state index in [1.54, 1.807) is 21.5 Å². The fourth-order valence-electron chi connectivity index (χ4n) is 3.40. The molecule has 2 rings (SSSR count). The predicted molar refractivity (Wildman–Crippen MR) is 112 cm³/mol. The minimum absolute atomic E-state index is 0.00681. The summed E-state index contributed by atoms with van der Waals surface area (Å²) >= 11 is 0. The van der Waals surface area contributed by atoms with Crippen LogP contribution in [0.3, 0.4) is 0 Å². The Morgan fingerprint density at radius 1 is 1.43 bits per heavy atom. The molecule has 2 N–H and O–H groups in total. The summed E-state index contributed by atoms with van der Waals surface area (Å²) in [7, 11) is 1.73. The maximum Gasteiger partial charge on any atom is 0.317 e.